The van der Waals surface area contributed by atoms with Crippen molar-refractivity contribution in [1.29, 1.82) is 0 Å². The number of nitrogens with one attached hydrogen (secondary N) is 1. The van der Waals surface area contributed by atoms with E-state index in [1.807, 2.05) is 48.5 Å². The molecule has 0 unspecified atom stereocenters. The standard InChI is InChI=1S/C29H38N4O4/c1-21(2)16-17-32(28(35)20-37-24-10-8-7-9-11-24)19-27(34)30-26-18-25(29(3,4)5)31-33(26)22-12-14-23(36-6)15-13-22/h7-15,18,21H,16-17,19-20H2,1-6H3,(H,30,34). The summed E-state index contributed by atoms with van der Waals surface area (Å²) in [5.74, 6) is 1.73. The molecule has 37 heavy (non-hydrogen) atoms. The number of anilines is 1. The van der Waals surface area contributed by atoms with Crippen LogP contribution in [0.5, 0.6) is 11.5 Å². The summed E-state index contributed by atoms with van der Waals surface area (Å²) in [6.45, 7) is 10.6. The van der Waals surface area contributed by atoms with Crippen LogP contribution < -0.4 is 14.8 Å². The van der Waals surface area contributed by atoms with E-state index >= 15 is 0 Å². The van der Waals surface area contributed by atoms with Crippen LogP contribution in [-0.2, 0) is 15.0 Å². The van der Waals surface area contributed by atoms with Crippen LogP contribution in [0.15, 0.2) is 60.7 Å². The molecular weight excluding hydrogens is 468 g/mol. The minimum absolute atomic E-state index is 0.0810. The predicted molar refractivity (Wildman–Crippen MR) is 145 cm³/mol. The molecule has 0 spiro atoms. The maximum atomic E-state index is 13.2. The minimum atomic E-state index is -0.299. The van der Waals surface area contributed by atoms with E-state index in [9.17, 15) is 9.59 Å². The average molecular weight is 507 g/mol. The second kappa shape index (κ2) is 12.4. The minimum Gasteiger partial charge on any atom is -0.497 e. The van der Waals surface area contributed by atoms with Gasteiger partial charge in [-0.25, -0.2) is 4.68 Å². The summed E-state index contributed by atoms with van der Waals surface area (Å²) in [5, 5.41) is 7.73. The zero-order valence-electron chi connectivity index (χ0n) is 22.7. The summed E-state index contributed by atoms with van der Waals surface area (Å²) in [7, 11) is 1.61. The van der Waals surface area contributed by atoms with Gasteiger partial charge in [-0.1, -0.05) is 52.8 Å². The fraction of sp³-hybridized carbons (Fsp3) is 0.414. The Morgan fingerprint density at radius 3 is 2.30 bits per heavy atom. The zero-order valence-corrected chi connectivity index (χ0v) is 22.7. The zero-order chi connectivity index (χ0) is 27.0. The molecule has 0 radical (unpaired) electrons. The number of hydrogen-bond donors (Lipinski definition) is 1. The number of amides is 2. The van der Waals surface area contributed by atoms with Crippen molar-refractivity contribution < 1.29 is 19.1 Å². The lowest BCUT2D eigenvalue weighted by atomic mass is 9.92. The number of benzene rings is 2. The summed E-state index contributed by atoms with van der Waals surface area (Å²) >= 11 is 0. The normalized spacial score (nSPS) is 11.3. The van der Waals surface area contributed by atoms with E-state index in [0.29, 0.717) is 24.0 Å². The molecule has 1 aromatic heterocycles. The van der Waals surface area contributed by atoms with Gasteiger partial charge in [0.1, 0.15) is 23.9 Å². The van der Waals surface area contributed by atoms with Gasteiger partial charge in [0, 0.05) is 18.0 Å². The third-order valence-corrected chi connectivity index (χ3v) is 5.83. The van der Waals surface area contributed by atoms with Crippen LogP contribution in [0.2, 0.25) is 0 Å². The predicted octanol–water partition coefficient (Wildman–Crippen LogP) is 5.07. The Balaban J connectivity index is 1.77. The number of ether oxygens (including phenoxy) is 2. The maximum absolute atomic E-state index is 13.2. The number of carbonyl (C=O) groups excluding carboxylic acids is 2. The topological polar surface area (TPSA) is 85.7 Å². The molecule has 3 aromatic rings. The lowest BCUT2D eigenvalue weighted by molar-refractivity contribution is -0.136. The van der Waals surface area contributed by atoms with Gasteiger partial charge in [0.05, 0.1) is 18.5 Å². The van der Waals surface area contributed by atoms with E-state index in [2.05, 4.69) is 39.9 Å². The first-order valence-electron chi connectivity index (χ1n) is 12.6. The van der Waals surface area contributed by atoms with Gasteiger partial charge >= 0.3 is 0 Å². The molecule has 2 aromatic carbocycles. The monoisotopic (exact) mass is 506 g/mol. The highest BCUT2D eigenvalue weighted by molar-refractivity contribution is 5.94. The van der Waals surface area contributed by atoms with Crippen molar-refractivity contribution in [3.63, 3.8) is 0 Å². The van der Waals surface area contributed by atoms with Crippen LogP contribution >= 0.6 is 0 Å². The smallest absolute Gasteiger partial charge is 0.260 e. The van der Waals surface area contributed by atoms with Gasteiger partial charge in [0.25, 0.3) is 5.91 Å². The highest BCUT2D eigenvalue weighted by Gasteiger charge is 2.23. The van der Waals surface area contributed by atoms with Crippen LogP contribution in [0.4, 0.5) is 5.82 Å². The lowest BCUT2D eigenvalue weighted by Crippen LogP contribution is -2.41. The largest absolute Gasteiger partial charge is 0.497 e. The van der Waals surface area contributed by atoms with Crippen molar-refractivity contribution in [1.82, 2.24) is 14.7 Å². The SMILES string of the molecule is COc1ccc(-n2nc(C(C)(C)C)cc2NC(=O)CN(CCC(C)C)C(=O)COc2ccccc2)cc1. The number of aromatic nitrogens is 2. The molecule has 198 valence electrons. The Kier molecular flexibility index (Phi) is 9.33. The first kappa shape index (κ1) is 27.8. The van der Waals surface area contributed by atoms with Gasteiger partial charge in [0.15, 0.2) is 6.61 Å². The van der Waals surface area contributed by atoms with Crippen LogP contribution in [0.25, 0.3) is 5.69 Å². The van der Waals surface area contributed by atoms with Crippen molar-refractivity contribution in [2.24, 2.45) is 5.92 Å². The number of rotatable bonds is 11. The highest BCUT2D eigenvalue weighted by Crippen LogP contribution is 2.27. The number of methoxy groups -OCH3 is 1. The summed E-state index contributed by atoms with van der Waals surface area (Å²) in [6, 6.07) is 18.5. The molecule has 8 heteroatoms. The summed E-state index contributed by atoms with van der Waals surface area (Å²) in [6.07, 6.45) is 0.780. The molecular formula is C29H38N4O4. The van der Waals surface area contributed by atoms with Crippen molar-refractivity contribution in [3.8, 4) is 17.2 Å². The van der Waals surface area contributed by atoms with Crippen molar-refractivity contribution >= 4 is 17.6 Å². The summed E-state index contributed by atoms with van der Waals surface area (Å²) in [5.41, 5.74) is 1.41. The Labute approximate surface area is 219 Å². The quantitative estimate of drug-likeness (QED) is 0.392. The van der Waals surface area contributed by atoms with Crippen LogP contribution in [0.3, 0.4) is 0 Å². The molecule has 1 N–H and O–H groups in total. The van der Waals surface area contributed by atoms with E-state index < -0.39 is 0 Å². The Bertz CT molecular complexity index is 1160. The molecule has 3 rings (SSSR count). The van der Waals surface area contributed by atoms with E-state index in [1.165, 1.54) is 0 Å². The number of hydrogen-bond acceptors (Lipinski definition) is 5. The van der Waals surface area contributed by atoms with Gasteiger partial charge in [-0.3, -0.25) is 9.59 Å². The van der Waals surface area contributed by atoms with Gasteiger partial charge in [-0.05, 0) is 48.7 Å². The van der Waals surface area contributed by atoms with Gasteiger partial charge in [-0.2, -0.15) is 5.10 Å². The molecule has 0 aliphatic rings. The fourth-order valence-electron chi connectivity index (χ4n) is 3.57. The summed E-state index contributed by atoms with van der Waals surface area (Å²) in [4.78, 5) is 27.7. The molecule has 0 saturated carbocycles. The lowest BCUT2D eigenvalue weighted by Gasteiger charge is -2.23. The van der Waals surface area contributed by atoms with E-state index in [-0.39, 0.29) is 30.4 Å². The maximum Gasteiger partial charge on any atom is 0.260 e. The van der Waals surface area contributed by atoms with Crippen molar-refractivity contribution in [2.75, 3.05) is 32.1 Å². The second-order valence-electron chi connectivity index (χ2n) is 10.4. The van der Waals surface area contributed by atoms with Gasteiger partial charge < -0.3 is 19.7 Å². The third-order valence-electron chi connectivity index (χ3n) is 5.83. The van der Waals surface area contributed by atoms with Crippen molar-refractivity contribution in [3.05, 3.63) is 66.4 Å². The molecule has 0 bridgehead atoms. The third kappa shape index (κ3) is 8.10. The first-order valence-corrected chi connectivity index (χ1v) is 12.6. The van der Waals surface area contributed by atoms with E-state index in [1.54, 1.807) is 28.8 Å². The Morgan fingerprint density at radius 2 is 1.70 bits per heavy atom. The van der Waals surface area contributed by atoms with Crippen LogP contribution in [0, 0.1) is 5.92 Å². The first-order chi connectivity index (χ1) is 17.6. The molecule has 0 saturated heterocycles. The molecule has 2 amide bonds. The van der Waals surface area contributed by atoms with Crippen molar-refractivity contribution in [2.45, 2.75) is 46.5 Å². The Hall–Kier alpha value is -3.81. The highest BCUT2D eigenvalue weighted by atomic mass is 16.5. The van der Waals surface area contributed by atoms with E-state index in [0.717, 1.165) is 23.6 Å². The fourth-order valence-corrected chi connectivity index (χ4v) is 3.57. The van der Waals surface area contributed by atoms with E-state index in [4.69, 9.17) is 14.6 Å². The molecule has 0 aliphatic carbocycles. The molecule has 0 fully saturated rings. The number of nitrogens with zero attached hydrogens (tertiary/aromatic N) is 3. The molecule has 0 atom stereocenters. The van der Waals surface area contributed by atoms with Gasteiger partial charge in [-0.15, -0.1) is 0 Å². The number of carbonyl (C=O) groups is 2. The molecule has 8 nitrogen and oxygen atoms in total. The van der Waals surface area contributed by atoms with Crippen LogP contribution in [0.1, 0.15) is 46.7 Å². The molecule has 1 heterocycles. The van der Waals surface area contributed by atoms with Gasteiger partial charge in [0.2, 0.25) is 5.91 Å². The second-order valence-corrected chi connectivity index (χ2v) is 10.4. The number of para-hydroxylation sites is 1. The average Bonchev–Trinajstić information content (AvgIpc) is 3.30. The Morgan fingerprint density at radius 1 is 1.03 bits per heavy atom. The summed E-state index contributed by atoms with van der Waals surface area (Å²) < 4.78 is 12.6. The molecule has 0 aliphatic heterocycles. The van der Waals surface area contributed by atoms with Crippen LogP contribution in [-0.4, -0.2) is 53.3 Å².